The van der Waals surface area contributed by atoms with E-state index in [9.17, 15) is 4.79 Å². The molecule has 3 aromatic rings. The molecule has 0 aliphatic carbocycles. The van der Waals surface area contributed by atoms with Crippen LogP contribution in [0.5, 0.6) is 11.5 Å². The predicted molar refractivity (Wildman–Crippen MR) is 109 cm³/mol. The van der Waals surface area contributed by atoms with Gasteiger partial charge in [-0.3, -0.25) is 4.79 Å². The highest BCUT2D eigenvalue weighted by Crippen LogP contribution is 2.39. The van der Waals surface area contributed by atoms with Crippen LogP contribution in [0.2, 0.25) is 0 Å². The second kappa shape index (κ2) is 6.63. The molecule has 0 radical (unpaired) electrons. The molecular formula is C22H21N3O5. The third kappa shape index (κ3) is 2.95. The number of oxazole rings is 1. The Kier molecular flexibility index (Phi) is 3.89. The molecule has 3 aliphatic rings. The number of hydrogen-bond donors (Lipinski definition) is 1. The van der Waals surface area contributed by atoms with Crippen molar-refractivity contribution in [2.75, 3.05) is 43.3 Å². The fraction of sp³-hybridized carbons (Fsp3) is 0.364. The SMILES string of the molecule is O=C(Nc1ccc2oc(N3CCCC4(COC4)C3)nc2c1)c1ccc2c(c1)OCO2. The number of aromatic nitrogens is 1. The van der Waals surface area contributed by atoms with Gasteiger partial charge in [-0.15, -0.1) is 0 Å². The highest BCUT2D eigenvalue weighted by molar-refractivity contribution is 6.05. The van der Waals surface area contributed by atoms with Crippen LogP contribution in [0.25, 0.3) is 11.1 Å². The zero-order valence-electron chi connectivity index (χ0n) is 16.3. The zero-order valence-corrected chi connectivity index (χ0v) is 16.3. The number of piperidine rings is 1. The maximum atomic E-state index is 12.6. The number of amides is 1. The number of hydrogen-bond acceptors (Lipinski definition) is 7. The molecule has 8 heteroatoms. The minimum atomic E-state index is -0.223. The minimum Gasteiger partial charge on any atom is -0.454 e. The first-order valence-electron chi connectivity index (χ1n) is 10.1. The van der Waals surface area contributed by atoms with Crippen molar-refractivity contribution >= 4 is 28.7 Å². The molecule has 3 aliphatic heterocycles. The van der Waals surface area contributed by atoms with Gasteiger partial charge in [0.15, 0.2) is 17.1 Å². The Bertz CT molecular complexity index is 1140. The van der Waals surface area contributed by atoms with E-state index in [-0.39, 0.29) is 18.1 Å². The molecule has 0 bridgehead atoms. The van der Waals surface area contributed by atoms with Crippen LogP contribution in [0.4, 0.5) is 11.7 Å². The molecule has 4 heterocycles. The van der Waals surface area contributed by atoms with E-state index in [4.69, 9.17) is 18.6 Å². The van der Waals surface area contributed by atoms with E-state index in [0.717, 1.165) is 38.2 Å². The molecule has 0 unspecified atom stereocenters. The lowest BCUT2D eigenvalue weighted by Gasteiger charge is -2.47. The van der Waals surface area contributed by atoms with Crippen molar-refractivity contribution < 1.29 is 23.4 Å². The van der Waals surface area contributed by atoms with Crippen molar-refractivity contribution in [2.45, 2.75) is 12.8 Å². The molecule has 0 saturated carbocycles. The summed E-state index contributed by atoms with van der Waals surface area (Å²) in [6.45, 7) is 3.66. The lowest BCUT2D eigenvalue weighted by atomic mass is 9.78. The summed E-state index contributed by atoms with van der Waals surface area (Å²) >= 11 is 0. The lowest BCUT2D eigenvalue weighted by molar-refractivity contribution is -0.118. The van der Waals surface area contributed by atoms with E-state index in [2.05, 4.69) is 15.2 Å². The number of carbonyl (C=O) groups is 1. The number of nitrogens with zero attached hydrogens (tertiary/aromatic N) is 2. The van der Waals surface area contributed by atoms with E-state index in [0.29, 0.717) is 34.3 Å². The second-order valence-electron chi connectivity index (χ2n) is 8.22. The molecule has 6 rings (SSSR count). The summed E-state index contributed by atoms with van der Waals surface area (Å²) in [5, 5.41) is 2.91. The highest BCUT2D eigenvalue weighted by Gasteiger charge is 2.43. The average Bonchev–Trinajstić information content (AvgIpc) is 3.38. The van der Waals surface area contributed by atoms with Crippen LogP contribution in [0.3, 0.4) is 0 Å². The largest absolute Gasteiger partial charge is 0.454 e. The van der Waals surface area contributed by atoms with Gasteiger partial charge in [0.2, 0.25) is 6.79 Å². The predicted octanol–water partition coefficient (Wildman–Crippen LogP) is 3.43. The Morgan fingerprint density at radius 3 is 2.87 bits per heavy atom. The Morgan fingerprint density at radius 2 is 2.00 bits per heavy atom. The van der Waals surface area contributed by atoms with Gasteiger partial charge in [0, 0.05) is 29.8 Å². The third-order valence-corrected chi connectivity index (χ3v) is 6.02. The van der Waals surface area contributed by atoms with Gasteiger partial charge in [-0.25, -0.2) is 0 Å². The van der Waals surface area contributed by atoms with Gasteiger partial charge < -0.3 is 28.8 Å². The Hall–Kier alpha value is -3.26. The molecule has 30 heavy (non-hydrogen) atoms. The van der Waals surface area contributed by atoms with Gasteiger partial charge in [0.1, 0.15) is 5.52 Å². The number of nitrogens with one attached hydrogen (secondary N) is 1. The molecule has 2 saturated heterocycles. The molecule has 1 spiro atoms. The number of rotatable bonds is 3. The average molecular weight is 407 g/mol. The van der Waals surface area contributed by atoms with Gasteiger partial charge in [-0.05, 0) is 49.2 Å². The quantitative estimate of drug-likeness (QED) is 0.712. The van der Waals surface area contributed by atoms with Crippen LogP contribution in [0.15, 0.2) is 40.8 Å². The number of fused-ring (bicyclic) bond motifs is 2. The maximum Gasteiger partial charge on any atom is 0.298 e. The van der Waals surface area contributed by atoms with Gasteiger partial charge >= 0.3 is 0 Å². The molecule has 1 aromatic heterocycles. The van der Waals surface area contributed by atoms with E-state index in [1.165, 1.54) is 6.42 Å². The van der Waals surface area contributed by atoms with Crippen LogP contribution >= 0.6 is 0 Å². The molecule has 2 fully saturated rings. The van der Waals surface area contributed by atoms with Gasteiger partial charge in [0.05, 0.1) is 13.2 Å². The molecule has 2 aromatic carbocycles. The maximum absolute atomic E-state index is 12.6. The van der Waals surface area contributed by atoms with Crippen molar-refractivity contribution in [3.05, 3.63) is 42.0 Å². The summed E-state index contributed by atoms with van der Waals surface area (Å²) in [4.78, 5) is 19.5. The van der Waals surface area contributed by atoms with Crippen LogP contribution in [-0.4, -0.2) is 44.0 Å². The third-order valence-electron chi connectivity index (χ3n) is 6.02. The van der Waals surface area contributed by atoms with Crippen LogP contribution in [0.1, 0.15) is 23.2 Å². The van der Waals surface area contributed by atoms with E-state index >= 15 is 0 Å². The van der Waals surface area contributed by atoms with Gasteiger partial charge in [-0.1, -0.05) is 0 Å². The summed E-state index contributed by atoms with van der Waals surface area (Å²) in [6.07, 6.45) is 2.30. The topological polar surface area (TPSA) is 86.1 Å². The van der Waals surface area contributed by atoms with Gasteiger partial charge in [0.25, 0.3) is 11.9 Å². The summed E-state index contributed by atoms with van der Waals surface area (Å²) < 4.78 is 22.1. The fourth-order valence-electron chi connectivity index (χ4n) is 4.37. The lowest BCUT2D eigenvalue weighted by Crippen LogP contribution is -2.54. The fourth-order valence-corrected chi connectivity index (χ4v) is 4.37. The first-order valence-corrected chi connectivity index (χ1v) is 10.1. The van der Waals surface area contributed by atoms with Crippen molar-refractivity contribution in [1.29, 1.82) is 0 Å². The monoisotopic (exact) mass is 407 g/mol. The summed E-state index contributed by atoms with van der Waals surface area (Å²) in [7, 11) is 0. The minimum absolute atomic E-state index is 0.177. The zero-order chi connectivity index (χ0) is 20.1. The number of anilines is 2. The second-order valence-corrected chi connectivity index (χ2v) is 8.22. The first-order chi connectivity index (χ1) is 14.7. The molecule has 1 amide bonds. The summed E-state index contributed by atoms with van der Waals surface area (Å²) in [6, 6.07) is 11.3. The van der Waals surface area contributed by atoms with Crippen LogP contribution < -0.4 is 19.7 Å². The van der Waals surface area contributed by atoms with Crippen molar-refractivity contribution in [3.8, 4) is 11.5 Å². The standard InChI is InChI=1S/C22H21N3O5/c26-20(14-2-4-18-19(8-14)29-13-28-18)23-15-3-5-17-16(9-15)24-21(30-17)25-7-1-6-22(10-25)11-27-12-22/h2-5,8-9H,1,6-7,10-13H2,(H,23,26). The van der Waals surface area contributed by atoms with Crippen molar-refractivity contribution in [2.24, 2.45) is 5.41 Å². The molecule has 1 N–H and O–H groups in total. The van der Waals surface area contributed by atoms with Gasteiger partial charge in [-0.2, -0.15) is 4.98 Å². The number of carbonyl (C=O) groups excluding carboxylic acids is 1. The highest BCUT2D eigenvalue weighted by atomic mass is 16.7. The van der Waals surface area contributed by atoms with E-state index < -0.39 is 0 Å². The summed E-state index contributed by atoms with van der Waals surface area (Å²) in [5.74, 6) is 1.01. The Morgan fingerprint density at radius 1 is 1.10 bits per heavy atom. The Balaban J connectivity index is 1.21. The van der Waals surface area contributed by atoms with Crippen molar-refractivity contribution in [3.63, 3.8) is 0 Å². The first kappa shape index (κ1) is 17.6. The normalized spacial score (nSPS) is 19.1. The number of benzene rings is 2. The van der Waals surface area contributed by atoms with Crippen LogP contribution in [-0.2, 0) is 4.74 Å². The van der Waals surface area contributed by atoms with E-state index in [1.54, 1.807) is 18.2 Å². The molecular weight excluding hydrogens is 386 g/mol. The summed E-state index contributed by atoms with van der Waals surface area (Å²) in [5.41, 5.74) is 2.84. The molecule has 154 valence electrons. The number of ether oxygens (including phenoxy) is 3. The molecule has 8 nitrogen and oxygen atoms in total. The van der Waals surface area contributed by atoms with Crippen LogP contribution in [0, 0.1) is 5.41 Å². The smallest absolute Gasteiger partial charge is 0.298 e. The van der Waals surface area contributed by atoms with E-state index in [1.807, 2.05) is 18.2 Å². The van der Waals surface area contributed by atoms with Crippen molar-refractivity contribution in [1.82, 2.24) is 4.98 Å². The molecule has 0 atom stereocenters. The Labute approximate surface area is 172 Å².